The van der Waals surface area contributed by atoms with Crippen molar-refractivity contribution in [2.24, 2.45) is 0 Å². The highest BCUT2D eigenvalue weighted by atomic mass is 35.5. The third-order valence-electron chi connectivity index (χ3n) is 1.18. The molecule has 1 atom stereocenters. The summed E-state index contributed by atoms with van der Waals surface area (Å²) in [7, 11) is 0. The summed E-state index contributed by atoms with van der Waals surface area (Å²) in [5.74, 6) is -0.940. The minimum Gasteiger partial charge on any atom is -0.480 e. The van der Waals surface area contributed by atoms with Gasteiger partial charge in [0.05, 0.1) is 11.2 Å². The highest BCUT2D eigenvalue weighted by molar-refractivity contribution is 7.81. The van der Waals surface area contributed by atoms with Gasteiger partial charge < -0.3 is 5.11 Å². The number of hydrogen-bond acceptors (Lipinski definition) is 4. The van der Waals surface area contributed by atoms with E-state index in [1.54, 1.807) is 0 Å². The van der Waals surface area contributed by atoms with Gasteiger partial charge in [0.25, 0.3) is 0 Å². The van der Waals surface area contributed by atoms with Crippen molar-refractivity contribution in [2.45, 2.75) is 11.7 Å². The first kappa shape index (κ1) is 9.83. The molecule has 1 N–H and O–H groups in total. The Bertz CT molecular complexity index is 289. The van der Waals surface area contributed by atoms with Gasteiger partial charge in [-0.15, -0.1) is 11.3 Å². The Balaban J connectivity index is 2.58. The summed E-state index contributed by atoms with van der Waals surface area (Å²) in [6, 6.07) is 0. The number of aliphatic carboxylic acids is 1. The first-order chi connectivity index (χ1) is 5.59. The topological polar surface area (TPSA) is 50.2 Å². The average molecular weight is 224 g/mol. The molecule has 0 aliphatic heterocycles. The summed E-state index contributed by atoms with van der Waals surface area (Å²) in [6.45, 7) is 0. The molecule has 0 radical (unpaired) electrons. The summed E-state index contributed by atoms with van der Waals surface area (Å²) in [4.78, 5) is 14.3. The first-order valence-electron chi connectivity index (χ1n) is 3.10. The van der Waals surface area contributed by atoms with Gasteiger partial charge in [0.1, 0.15) is 9.59 Å². The van der Waals surface area contributed by atoms with Gasteiger partial charge in [-0.1, -0.05) is 11.6 Å². The van der Waals surface area contributed by atoms with Crippen molar-refractivity contribution >= 4 is 41.5 Å². The van der Waals surface area contributed by atoms with E-state index in [0.717, 1.165) is 0 Å². The maximum Gasteiger partial charge on any atom is 0.316 e. The molecule has 1 unspecified atom stereocenters. The zero-order valence-corrected chi connectivity index (χ0v) is 8.36. The zero-order valence-electron chi connectivity index (χ0n) is 5.90. The maximum absolute atomic E-state index is 10.4. The van der Waals surface area contributed by atoms with Crippen LogP contribution in [-0.4, -0.2) is 21.3 Å². The highest BCUT2D eigenvalue weighted by Crippen LogP contribution is 2.20. The minimum atomic E-state index is -0.940. The Morgan fingerprint density at radius 2 is 2.58 bits per heavy atom. The highest BCUT2D eigenvalue weighted by Gasteiger charge is 2.14. The molecule has 3 nitrogen and oxygen atoms in total. The summed E-state index contributed by atoms with van der Waals surface area (Å²) >= 11 is 10.8. The van der Waals surface area contributed by atoms with E-state index < -0.39 is 11.2 Å². The number of rotatable bonds is 3. The molecule has 0 saturated carbocycles. The van der Waals surface area contributed by atoms with E-state index in [-0.39, 0.29) is 0 Å². The quantitative estimate of drug-likeness (QED) is 0.768. The van der Waals surface area contributed by atoms with E-state index in [1.165, 1.54) is 17.5 Å². The molecular formula is C6H6ClNO2S2. The fraction of sp³-hybridized carbons (Fsp3) is 0.333. The Morgan fingerprint density at radius 1 is 1.92 bits per heavy atom. The monoisotopic (exact) mass is 223 g/mol. The van der Waals surface area contributed by atoms with Crippen LogP contribution in [0.5, 0.6) is 0 Å². The lowest BCUT2D eigenvalue weighted by Gasteiger charge is -2.00. The number of halogens is 1. The van der Waals surface area contributed by atoms with Crippen LogP contribution in [0.2, 0.25) is 4.34 Å². The molecule has 1 rings (SSSR count). The van der Waals surface area contributed by atoms with E-state index >= 15 is 0 Å². The maximum atomic E-state index is 10.4. The Kier molecular flexibility index (Phi) is 3.37. The van der Waals surface area contributed by atoms with Gasteiger partial charge in [0.2, 0.25) is 0 Å². The molecule has 1 aromatic heterocycles. The summed E-state index contributed by atoms with van der Waals surface area (Å²) in [5.41, 5.74) is 0. The number of hydrogen-bond donors (Lipinski definition) is 2. The smallest absolute Gasteiger partial charge is 0.316 e. The van der Waals surface area contributed by atoms with Crippen LogP contribution < -0.4 is 0 Å². The number of carbonyl (C=O) groups is 1. The van der Waals surface area contributed by atoms with Crippen LogP contribution in [0.25, 0.3) is 0 Å². The normalized spacial score (nSPS) is 12.8. The predicted octanol–water partition coefficient (Wildman–Crippen LogP) is 1.72. The van der Waals surface area contributed by atoms with Gasteiger partial charge in [-0.25, -0.2) is 4.98 Å². The molecular weight excluding hydrogens is 218 g/mol. The number of carboxylic acids is 1. The number of carboxylic acid groups (broad SMARTS) is 1. The molecule has 0 aliphatic rings. The van der Waals surface area contributed by atoms with Crippen molar-refractivity contribution in [2.75, 3.05) is 0 Å². The van der Waals surface area contributed by atoms with Crippen molar-refractivity contribution in [3.05, 3.63) is 15.5 Å². The molecule has 1 heterocycles. The van der Waals surface area contributed by atoms with Crippen molar-refractivity contribution in [3.63, 3.8) is 0 Å². The molecule has 0 fully saturated rings. The van der Waals surface area contributed by atoms with Crippen molar-refractivity contribution in [3.8, 4) is 0 Å². The lowest BCUT2D eigenvalue weighted by atomic mass is 10.3. The average Bonchev–Trinajstić information content (AvgIpc) is 2.35. The van der Waals surface area contributed by atoms with Gasteiger partial charge in [0, 0.05) is 6.42 Å². The van der Waals surface area contributed by atoms with Gasteiger partial charge in [0.15, 0.2) is 0 Å². The van der Waals surface area contributed by atoms with Crippen molar-refractivity contribution < 1.29 is 9.90 Å². The summed E-state index contributed by atoms with van der Waals surface area (Å²) in [5, 5.41) is 8.51. The first-order valence-corrected chi connectivity index (χ1v) is 4.81. The van der Waals surface area contributed by atoms with E-state index in [2.05, 4.69) is 17.6 Å². The van der Waals surface area contributed by atoms with Crippen LogP contribution in [0.4, 0.5) is 0 Å². The molecule has 66 valence electrons. The van der Waals surface area contributed by atoms with E-state index in [4.69, 9.17) is 16.7 Å². The minimum absolute atomic E-state index is 0.315. The third-order valence-corrected chi connectivity index (χ3v) is 2.72. The fourth-order valence-corrected chi connectivity index (χ4v) is 1.93. The lowest BCUT2D eigenvalue weighted by Crippen LogP contribution is -2.15. The Morgan fingerprint density at radius 3 is 3.00 bits per heavy atom. The van der Waals surface area contributed by atoms with Crippen LogP contribution in [0.3, 0.4) is 0 Å². The molecule has 0 aromatic carbocycles. The van der Waals surface area contributed by atoms with Crippen LogP contribution in [0.15, 0.2) is 6.20 Å². The fourth-order valence-electron chi connectivity index (χ4n) is 0.635. The largest absolute Gasteiger partial charge is 0.480 e. The summed E-state index contributed by atoms with van der Waals surface area (Å²) < 4.78 is 0.566. The molecule has 0 aliphatic carbocycles. The molecule has 6 heteroatoms. The van der Waals surface area contributed by atoms with Gasteiger partial charge in [-0.3, -0.25) is 4.79 Å². The number of aromatic nitrogens is 1. The van der Waals surface area contributed by atoms with Crippen LogP contribution in [0, 0.1) is 0 Å². The summed E-state index contributed by atoms with van der Waals surface area (Å²) in [6.07, 6.45) is 1.82. The second kappa shape index (κ2) is 4.11. The second-order valence-electron chi connectivity index (χ2n) is 2.12. The van der Waals surface area contributed by atoms with Crippen LogP contribution in [-0.2, 0) is 11.2 Å². The third kappa shape index (κ3) is 2.66. The SMILES string of the molecule is O=C(O)C(S)Cc1ncc(Cl)s1. The van der Waals surface area contributed by atoms with E-state index in [1.807, 2.05) is 0 Å². The molecule has 0 spiro atoms. The zero-order chi connectivity index (χ0) is 9.14. The van der Waals surface area contributed by atoms with Gasteiger partial charge in [-0.05, 0) is 0 Å². The van der Waals surface area contributed by atoms with Gasteiger partial charge >= 0.3 is 5.97 Å². The van der Waals surface area contributed by atoms with E-state index in [9.17, 15) is 4.79 Å². The molecule has 0 amide bonds. The number of nitrogens with zero attached hydrogens (tertiary/aromatic N) is 1. The number of thiol groups is 1. The predicted molar refractivity (Wildman–Crippen MR) is 51.2 cm³/mol. The molecule has 0 saturated heterocycles. The van der Waals surface area contributed by atoms with E-state index in [0.29, 0.717) is 15.8 Å². The molecule has 12 heavy (non-hydrogen) atoms. The Labute approximate surface area is 83.8 Å². The molecule has 1 aromatic rings. The molecule has 0 bridgehead atoms. The number of thiazole rings is 1. The van der Waals surface area contributed by atoms with Crippen molar-refractivity contribution in [1.29, 1.82) is 0 Å². The second-order valence-corrected chi connectivity index (χ2v) is 4.49. The van der Waals surface area contributed by atoms with Crippen LogP contribution >= 0.6 is 35.6 Å². The van der Waals surface area contributed by atoms with Crippen molar-refractivity contribution in [1.82, 2.24) is 4.98 Å². The lowest BCUT2D eigenvalue weighted by molar-refractivity contribution is -0.136. The van der Waals surface area contributed by atoms with Crippen LogP contribution in [0.1, 0.15) is 5.01 Å². The van der Waals surface area contributed by atoms with Gasteiger partial charge in [-0.2, -0.15) is 12.6 Å². The Hall–Kier alpha value is -0.260. The standard InChI is InChI=1S/C6H6ClNO2S2/c7-4-2-8-5(12-4)1-3(11)6(9)10/h2-3,11H,1H2,(H,9,10).